The molecule has 5 nitrogen and oxygen atoms in total. The fraction of sp³-hybridized carbons (Fsp3) is 0.333. The summed E-state index contributed by atoms with van der Waals surface area (Å²) in [6, 6.07) is 21.7. The third kappa shape index (κ3) is 8.24. The first-order valence-corrected chi connectivity index (χ1v) is 13.3. The van der Waals surface area contributed by atoms with Crippen LogP contribution in [0.4, 0.5) is 0 Å². The van der Waals surface area contributed by atoms with Crippen LogP contribution < -0.4 is 10.1 Å². The van der Waals surface area contributed by atoms with E-state index in [0.717, 1.165) is 17.5 Å². The van der Waals surface area contributed by atoms with Crippen molar-refractivity contribution < 1.29 is 14.3 Å². The molecule has 0 saturated carbocycles. The first-order valence-electron chi connectivity index (χ1n) is 12.6. The maximum absolute atomic E-state index is 13.7. The Morgan fingerprint density at radius 2 is 1.68 bits per heavy atom. The molecule has 3 rings (SSSR count). The predicted molar refractivity (Wildman–Crippen MR) is 150 cm³/mol. The highest BCUT2D eigenvalue weighted by atomic mass is 35.5. The van der Waals surface area contributed by atoms with Crippen molar-refractivity contribution in [2.75, 3.05) is 13.2 Å². The molecule has 1 unspecified atom stereocenters. The van der Waals surface area contributed by atoms with Crippen LogP contribution in [0.5, 0.6) is 5.75 Å². The summed E-state index contributed by atoms with van der Waals surface area (Å²) in [5, 5.41) is 3.90. The average molecular weight is 542 g/mol. The highest BCUT2D eigenvalue weighted by Crippen LogP contribution is 2.27. The van der Waals surface area contributed by atoms with Crippen LogP contribution in [-0.4, -0.2) is 35.9 Å². The van der Waals surface area contributed by atoms with Crippen molar-refractivity contribution in [1.82, 2.24) is 10.2 Å². The van der Waals surface area contributed by atoms with Crippen LogP contribution in [0.15, 0.2) is 72.8 Å². The number of rotatable bonds is 12. The second-order valence-electron chi connectivity index (χ2n) is 9.24. The van der Waals surface area contributed by atoms with Crippen LogP contribution in [0.1, 0.15) is 49.8 Å². The first kappa shape index (κ1) is 28.5. The molecule has 0 aromatic heterocycles. The van der Waals surface area contributed by atoms with Gasteiger partial charge in [-0.1, -0.05) is 98.6 Å². The zero-order valence-corrected chi connectivity index (χ0v) is 23.1. The monoisotopic (exact) mass is 540 g/mol. The third-order valence-electron chi connectivity index (χ3n) is 6.07. The molecule has 3 aromatic carbocycles. The summed E-state index contributed by atoms with van der Waals surface area (Å²) in [4.78, 5) is 28.7. The average Bonchev–Trinajstić information content (AvgIpc) is 2.89. The Bertz CT molecular complexity index is 1180. The second-order valence-corrected chi connectivity index (χ2v) is 10.1. The van der Waals surface area contributed by atoms with E-state index in [2.05, 4.69) is 19.2 Å². The standard InChI is InChI=1S/C30H34Cl2N2O3/c1-4-16-33-30(36)27(17-22-10-6-5-7-11-22)34(19-23-14-15-24(31)18-26(23)32)29(35)20-37-28-13-9-8-12-25(28)21(2)3/h5-15,18,21,27H,4,16-17,19-20H2,1-3H3,(H,33,36). The van der Waals surface area contributed by atoms with Crippen molar-refractivity contribution >= 4 is 35.0 Å². The zero-order chi connectivity index (χ0) is 26.8. The van der Waals surface area contributed by atoms with Gasteiger partial charge in [-0.05, 0) is 47.2 Å². The SMILES string of the molecule is CCCNC(=O)C(Cc1ccccc1)N(Cc1ccc(Cl)cc1Cl)C(=O)COc1ccccc1C(C)C. The van der Waals surface area contributed by atoms with Gasteiger partial charge >= 0.3 is 0 Å². The maximum Gasteiger partial charge on any atom is 0.261 e. The van der Waals surface area contributed by atoms with Crippen molar-refractivity contribution in [3.63, 3.8) is 0 Å². The van der Waals surface area contributed by atoms with Crippen molar-refractivity contribution in [1.29, 1.82) is 0 Å². The molecule has 0 aliphatic carbocycles. The van der Waals surface area contributed by atoms with Crippen LogP contribution in [0.3, 0.4) is 0 Å². The second kappa shape index (κ2) is 14.1. The normalized spacial score (nSPS) is 11.7. The summed E-state index contributed by atoms with van der Waals surface area (Å²) in [6.45, 7) is 6.59. The number of para-hydroxylation sites is 1. The van der Waals surface area contributed by atoms with Gasteiger partial charge in [-0.25, -0.2) is 0 Å². The number of carbonyl (C=O) groups is 2. The Morgan fingerprint density at radius 1 is 0.973 bits per heavy atom. The van der Waals surface area contributed by atoms with Crippen molar-refractivity contribution in [3.8, 4) is 5.75 Å². The van der Waals surface area contributed by atoms with Gasteiger partial charge in [-0.3, -0.25) is 9.59 Å². The van der Waals surface area contributed by atoms with E-state index in [0.29, 0.717) is 34.3 Å². The number of hydrogen-bond acceptors (Lipinski definition) is 3. The minimum atomic E-state index is -0.753. The summed E-state index contributed by atoms with van der Waals surface area (Å²) in [7, 11) is 0. The molecule has 3 aromatic rings. The number of nitrogens with zero attached hydrogens (tertiary/aromatic N) is 1. The van der Waals surface area contributed by atoms with Crippen LogP contribution in [0, 0.1) is 0 Å². The highest BCUT2D eigenvalue weighted by molar-refractivity contribution is 6.35. The van der Waals surface area contributed by atoms with E-state index in [1.165, 1.54) is 0 Å². The van der Waals surface area contributed by atoms with Gasteiger partial charge < -0.3 is 15.0 Å². The smallest absolute Gasteiger partial charge is 0.261 e. The predicted octanol–water partition coefficient (Wildman–Crippen LogP) is 6.66. The summed E-state index contributed by atoms with van der Waals surface area (Å²) < 4.78 is 6.01. The van der Waals surface area contributed by atoms with Gasteiger partial charge in [-0.2, -0.15) is 0 Å². The number of amides is 2. The summed E-state index contributed by atoms with van der Waals surface area (Å²) >= 11 is 12.6. The molecule has 0 spiro atoms. The molecule has 1 atom stereocenters. The number of benzene rings is 3. The number of halogens is 2. The maximum atomic E-state index is 13.7. The van der Waals surface area contributed by atoms with E-state index in [-0.39, 0.29) is 30.9 Å². The largest absolute Gasteiger partial charge is 0.483 e. The van der Waals surface area contributed by atoms with Crippen LogP contribution in [0.25, 0.3) is 0 Å². The number of carbonyl (C=O) groups excluding carboxylic acids is 2. The van der Waals surface area contributed by atoms with E-state index in [1.807, 2.05) is 61.5 Å². The van der Waals surface area contributed by atoms with Crippen LogP contribution in [0.2, 0.25) is 10.0 Å². The Morgan fingerprint density at radius 3 is 2.35 bits per heavy atom. The molecule has 0 heterocycles. The van der Waals surface area contributed by atoms with Gasteiger partial charge in [0.25, 0.3) is 5.91 Å². The molecule has 7 heteroatoms. The van der Waals surface area contributed by atoms with Gasteiger partial charge in [-0.15, -0.1) is 0 Å². The van der Waals surface area contributed by atoms with Crippen molar-refractivity contribution in [3.05, 3.63) is 99.5 Å². The summed E-state index contributed by atoms with van der Waals surface area (Å²) in [6.07, 6.45) is 1.14. The topological polar surface area (TPSA) is 58.6 Å². The lowest BCUT2D eigenvalue weighted by molar-refractivity contribution is -0.142. The molecule has 196 valence electrons. The van der Waals surface area contributed by atoms with E-state index in [1.54, 1.807) is 23.1 Å². The van der Waals surface area contributed by atoms with Crippen LogP contribution in [-0.2, 0) is 22.6 Å². The van der Waals surface area contributed by atoms with Crippen molar-refractivity contribution in [2.24, 2.45) is 0 Å². The molecule has 0 aliphatic heterocycles. The number of hydrogen-bond donors (Lipinski definition) is 1. The van der Waals surface area contributed by atoms with Crippen molar-refractivity contribution in [2.45, 2.75) is 52.1 Å². The molecule has 0 saturated heterocycles. The van der Waals surface area contributed by atoms with E-state index >= 15 is 0 Å². The van der Waals surface area contributed by atoms with Gasteiger partial charge in [0.05, 0.1) is 0 Å². The molecule has 0 bridgehead atoms. The number of nitrogens with one attached hydrogen (secondary N) is 1. The minimum Gasteiger partial charge on any atom is -0.483 e. The summed E-state index contributed by atoms with van der Waals surface area (Å²) in [5.74, 6) is 0.371. The Labute approximate surface area is 229 Å². The molecule has 0 aliphatic rings. The molecule has 0 radical (unpaired) electrons. The Kier molecular flexibility index (Phi) is 10.8. The Hall–Kier alpha value is -3.02. The summed E-state index contributed by atoms with van der Waals surface area (Å²) in [5.41, 5.74) is 2.66. The van der Waals surface area contributed by atoms with E-state index in [4.69, 9.17) is 27.9 Å². The molecule has 1 N–H and O–H groups in total. The van der Waals surface area contributed by atoms with Gasteiger partial charge in [0.1, 0.15) is 11.8 Å². The third-order valence-corrected chi connectivity index (χ3v) is 6.66. The lowest BCUT2D eigenvalue weighted by Crippen LogP contribution is -2.51. The Balaban J connectivity index is 1.94. The van der Waals surface area contributed by atoms with Crippen LogP contribution >= 0.6 is 23.2 Å². The fourth-order valence-electron chi connectivity index (χ4n) is 4.06. The van der Waals surface area contributed by atoms with Gasteiger partial charge in [0, 0.05) is 29.6 Å². The first-order chi connectivity index (χ1) is 17.8. The molecular weight excluding hydrogens is 507 g/mol. The molecular formula is C30H34Cl2N2O3. The minimum absolute atomic E-state index is 0.140. The quantitative estimate of drug-likeness (QED) is 0.279. The number of ether oxygens (including phenoxy) is 1. The zero-order valence-electron chi connectivity index (χ0n) is 21.5. The lowest BCUT2D eigenvalue weighted by atomic mass is 10.0. The lowest BCUT2D eigenvalue weighted by Gasteiger charge is -2.32. The highest BCUT2D eigenvalue weighted by Gasteiger charge is 2.31. The van der Waals surface area contributed by atoms with Gasteiger partial charge in [0.2, 0.25) is 5.91 Å². The fourth-order valence-corrected chi connectivity index (χ4v) is 4.53. The molecule has 37 heavy (non-hydrogen) atoms. The molecule has 2 amide bonds. The van der Waals surface area contributed by atoms with E-state index in [9.17, 15) is 9.59 Å². The molecule has 0 fully saturated rings. The van der Waals surface area contributed by atoms with E-state index < -0.39 is 6.04 Å². The van der Waals surface area contributed by atoms with Gasteiger partial charge in [0.15, 0.2) is 6.61 Å².